The van der Waals surface area contributed by atoms with E-state index in [2.05, 4.69) is 22.9 Å². The van der Waals surface area contributed by atoms with E-state index in [0.29, 0.717) is 6.42 Å². The van der Waals surface area contributed by atoms with Crippen LogP contribution in [0.5, 0.6) is 0 Å². The summed E-state index contributed by atoms with van der Waals surface area (Å²) in [6, 6.07) is 8.23. The number of carbonyl (C=O) groups excluding carboxylic acids is 1. The molecule has 0 N–H and O–H groups in total. The maximum Gasteiger partial charge on any atom is 0.222 e. The summed E-state index contributed by atoms with van der Waals surface area (Å²) in [4.78, 5) is 13.6. The lowest BCUT2D eigenvalue weighted by Crippen LogP contribution is -2.29. The molecule has 0 aliphatic heterocycles. The van der Waals surface area contributed by atoms with Crippen molar-refractivity contribution >= 4 is 21.8 Å². The molecule has 0 aromatic heterocycles. The zero-order valence-electron chi connectivity index (χ0n) is 10.0. The highest BCUT2D eigenvalue weighted by atomic mass is 79.9. The Morgan fingerprint density at radius 2 is 1.94 bits per heavy atom. The highest BCUT2D eigenvalue weighted by molar-refractivity contribution is 9.10. The third-order valence-corrected chi connectivity index (χ3v) is 3.32. The minimum absolute atomic E-state index is 0.132. The molecule has 3 heteroatoms. The summed E-state index contributed by atoms with van der Waals surface area (Å²) >= 11 is 3.40. The van der Waals surface area contributed by atoms with Crippen LogP contribution < -0.4 is 0 Å². The summed E-state index contributed by atoms with van der Waals surface area (Å²) in [6.07, 6.45) is 1.52. The van der Waals surface area contributed by atoms with E-state index in [1.165, 1.54) is 0 Å². The molecular weight excluding hydrogens is 266 g/mol. The van der Waals surface area contributed by atoms with Crippen LogP contribution in [0.25, 0.3) is 0 Å². The van der Waals surface area contributed by atoms with Gasteiger partial charge in [-0.05, 0) is 31.0 Å². The molecule has 0 saturated heterocycles. The van der Waals surface area contributed by atoms with Gasteiger partial charge in [0, 0.05) is 17.9 Å². The van der Waals surface area contributed by atoms with Crippen LogP contribution in [0.1, 0.15) is 38.3 Å². The van der Waals surface area contributed by atoms with Gasteiger partial charge in [-0.3, -0.25) is 4.79 Å². The Kier molecular flexibility index (Phi) is 5.00. The van der Waals surface area contributed by atoms with Gasteiger partial charge in [0.25, 0.3) is 0 Å². The Morgan fingerprint density at radius 1 is 1.38 bits per heavy atom. The number of halogens is 1. The maximum atomic E-state index is 11.7. The topological polar surface area (TPSA) is 20.3 Å². The number of hydrogen-bond acceptors (Lipinski definition) is 1. The minimum atomic E-state index is 0.132. The molecule has 0 bridgehead atoms. The molecule has 1 aromatic carbocycles. The molecule has 0 radical (unpaired) electrons. The van der Waals surface area contributed by atoms with Crippen molar-refractivity contribution in [3.05, 3.63) is 34.3 Å². The van der Waals surface area contributed by atoms with E-state index in [4.69, 9.17) is 0 Å². The Bertz CT molecular complexity index is 347. The SMILES string of the molecule is CCCC(=O)N(C)C(C)c1ccc(Br)cc1. The lowest BCUT2D eigenvalue weighted by molar-refractivity contribution is -0.131. The average Bonchev–Trinajstić information content (AvgIpc) is 2.28. The molecule has 0 aliphatic rings. The molecule has 1 rings (SSSR count). The van der Waals surface area contributed by atoms with Gasteiger partial charge in [0.2, 0.25) is 5.91 Å². The van der Waals surface area contributed by atoms with Crippen molar-refractivity contribution in [1.29, 1.82) is 0 Å². The summed E-state index contributed by atoms with van der Waals surface area (Å²) < 4.78 is 1.06. The van der Waals surface area contributed by atoms with E-state index in [1.54, 1.807) is 0 Å². The van der Waals surface area contributed by atoms with E-state index in [0.717, 1.165) is 16.5 Å². The first-order valence-corrected chi connectivity index (χ1v) is 6.36. The second kappa shape index (κ2) is 6.04. The monoisotopic (exact) mass is 283 g/mol. The van der Waals surface area contributed by atoms with E-state index >= 15 is 0 Å². The molecule has 2 nitrogen and oxygen atoms in total. The fraction of sp³-hybridized carbons (Fsp3) is 0.462. The molecule has 0 aliphatic carbocycles. The summed E-state index contributed by atoms with van der Waals surface area (Å²) in [6.45, 7) is 4.08. The Labute approximate surface area is 106 Å². The molecule has 1 atom stereocenters. The Hall–Kier alpha value is -0.830. The Morgan fingerprint density at radius 3 is 2.44 bits per heavy atom. The average molecular weight is 284 g/mol. The van der Waals surface area contributed by atoms with Gasteiger partial charge < -0.3 is 4.90 Å². The van der Waals surface area contributed by atoms with E-state index in [-0.39, 0.29) is 11.9 Å². The zero-order valence-corrected chi connectivity index (χ0v) is 11.6. The van der Waals surface area contributed by atoms with Crippen LogP contribution in [0.3, 0.4) is 0 Å². The van der Waals surface area contributed by atoms with E-state index in [9.17, 15) is 4.79 Å². The zero-order chi connectivity index (χ0) is 12.1. The van der Waals surface area contributed by atoms with Crippen molar-refractivity contribution < 1.29 is 4.79 Å². The molecule has 0 heterocycles. The minimum Gasteiger partial charge on any atom is -0.339 e. The van der Waals surface area contributed by atoms with Gasteiger partial charge in [-0.15, -0.1) is 0 Å². The molecule has 0 spiro atoms. The van der Waals surface area contributed by atoms with Gasteiger partial charge in [0.05, 0.1) is 6.04 Å². The first-order valence-electron chi connectivity index (χ1n) is 5.57. The van der Waals surface area contributed by atoms with Gasteiger partial charge in [-0.1, -0.05) is 35.0 Å². The van der Waals surface area contributed by atoms with Gasteiger partial charge >= 0.3 is 0 Å². The molecule has 0 saturated carbocycles. The van der Waals surface area contributed by atoms with Crippen molar-refractivity contribution in [3.63, 3.8) is 0 Å². The van der Waals surface area contributed by atoms with Crippen molar-refractivity contribution in [2.75, 3.05) is 7.05 Å². The third-order valence-electron chi connectivity index (χ3n) is 2.79. The molecular formula is C13H18BrNO. The summed E-state index contributed by atoms with van der Waals surface area (Å²) in [7, 11) is 1.87. The molecule has 16 heavy (non-hydrogen) atoms. The highest BCUT2D eigenvalue weighted by Crippen LogP contribution is 2.21. The van der Waals surface area contributed by atoms with Crippen molar-refractivity contribution in [3.8, 4) is 0 Å². The summed E-state index contributed by atoms with van der Waals surface area (Å²) in [5.41, 5.74) is 1.16. The van der Waals surface area contributed by atoms with Crippen LogP contribution in [0.4, 0.5) is 0 Å². The van der Waals surface area contributed by atoms with Gasteiger partial charge in [-0.25, -0.2) is 0 Å². The molecule has 0 fully saturated rings. The second-order valence-electron chi connectivity index (χ2n) is 3.98. The molecule has 1 aromatic rings. The molecule has 88 valence electrons. The quantitative estimate of drug-likeness (QED) is 0.824. The maximum absolute atomic E-state index is 11.7. The highest BCUT2D eigenvalue weighted by Gasteiger charge is 2.16. The molecule has 1 amide bonds. The first-order chi connectivity index (χ1) is 7.56. The van der Waals surface area contributed by atoms with E-state index < -0.39 is 0 Å². The van der Waals surface area contributed by atoms with Crippen molar-refractivity contribution in [1.82, 2.24) is 4.90 Å². The number of nitrogens with zero attached hydrogens (tertiary/aromatic N) is 1. The third kappa shape index (κ3) is 3.34. The van der Waals surface area contributed by atoms with Crippen molar-refractivity contribution in [2.45, 2.75) is 32.7 Å². The van der Waals surface area contributed by atoms with Gasteiger partial charge in [-0.2, -0.15) is 0 Å². The van der Waals surface area contributed by atoms with Crippen LogP contribution in [0, 0.1) is 0 Å². The van der Waals surface area contributed by atoms with E-state index in [1.807, 2.05) is 43.1 Å². The predicted molar refractivity (Wildman–Crippen MR) is 70.2 cm³/mol. The van der Waals surface area contributed by atoms with Crippen LogP contribution in [-0.4, -0.2) is 17.9 Å². The predicted octanol–water partition coefficient (Wildman–Crippen LogP) is 3.77. The number of hydrogen-bond donors (Lipinski definition) is 0. The lowest BCUT2D eigenvalue weighted by Gasteiger charge is -2.25. The smallest absolute Gasteiger partial charge is 0.222 e. The molecule has 1 unspecified atom stereocenters. The normalized spacial score (nSPS) is 12.2. The fourth-order valence-electron chi connectivity index (χ4n) is 1.57. The summed E-state index contributed by atoms with van der Waals surface area (Å²) in [5, 5.41) is 0. The number of carbonyl (C=O) groups is 1. The first kappa shape index (κ1) is 13.2. The van der Waals surface area contributed by atoms with Crippen LogP contribution in [-0.2, 0) is 4.79 Å². The number of amides is 1. The second-order valence-corrected chi connectivity index (χ2v) is 4.90. The fourth-order valence-corrected chi connectivity index (χ4v) is 1.84. The van der Waals surface area contributed by atoms with Crippen LogP contribution in [0.2, 0.25) is 0 Å². The number of rotatable bonds is 4. The van der Waals surface area contributed by atoms with Gasteiger partial charge in [0.15, 0.2) is 0 Å². The van der Waals surface area contributed by atoms with Gasteiger partial charge in [0.1, 0.15) is 0 Å². The van der Waals surface area contributed by atoms with Crippen molar-refractivity contribution in [2.24, 2.45) is 0 Å². The summed E-state index contributed by atoms with van der Waals surface area (Å²) in [5.74, 6) is 0.206. The lowest BCUT2D eigenvalue weighted by atomic mass is 10.1. The van der Waals surface area contributed by atoms with Crippen LogP contribution in [0.15, 0.2) is 28.7 Å². The Balaban J connectivity index is 2.73. The number of benzene rings is 1. The standard InChI is InChI=1S/C13H18BrNO/c1-4-5-13(16)15(3)10(2)11-6-8-12(14)9-7-11/h6-10H,4-5H2,1-3H3. The largest absolute Gasteiger partial charge is 0.339 e. The van der Waals surface area contributed by atoms with Crippen LogP contribution >= 0.6 is 15.9 Å².